The van der Waals surface area contributed by atoms with Gasteiger partial charge in [0.2, 0.25) is 5.91 Å². The predicted molar refractivity (Wildman–Crippen MR) is 280 cm³/mol. The number of fused-ring (bicyclic) bond motifs is 10. The van der Waals surface area contributed by atoms with Crippen LogP contribution in [0.5, 0.6) is 0 Å². The van der Waals surface area contributed by atoms with E-state index in [-0.39, 0.29) is 59.9 Å². The molecular formula is C58H99NO10S2. The SMILES string of the molecule is C[C@@H](CCC(=O)NCCS(=O)(=O)O)[C@H]1CC[C@@H]2[C@H]3[C@H](O)CC4C[C@@H](CCCCC[C@@H]5CC[C@@]6(C)C(C5)C[C@H](O)[C@H]5[C@@H]7CC[C@H]([C@@H](C)CCC(=O)CCCS(=O)(=O)O)[C@@]7(C)CC[C@@H]56)CC[C@@]4(C)[C@@H]3CC[C@]21C. The van der Waals surface area contributed by atoms with Crippen molar-refractivity contribution in [3.63, 3.8) is 0 Å². The molecule has 0 aromatic carbocycles. The number of carbonyl (C=O) groups is 2. The standard InChI is InChI=1S/C58H99NO10S2/c1-37(14-16-43(60)13-10-31-70(64,65)66)44-17-19-46-53-48(24-28-57(44,46)5)55(3)26-22-39(33-41(55)35-50(53)61)11-8-7-9-12-40-23-27-56(4)42(34-40)36-51(62)54-47-20-18-45(58(47,6)29-25-49(54)56)38(2)15-21-52(63)59-30-32-71(67,68)69/h37-42,44-51,53-54,61-62H,7-36H2,1-6H3,(H,59,63)(H,64,65,66)(H,67,68,69)/t37-,38-,39+,40-,41?,42?,44+,45+,46-,47+,48-,49+,50-,51+,53-,54+,55-,56+,57+,58-/m0/s1. The van der Waals surface area contributed by atoms with E-state index in [1.807, 2.05) is 0 Å². The van der Waals surface area contributed by atoms with Gasteiger partial charge in [0, 0.05) is 25.8 Å². The Kier molecular flexibility index (Phi) is 17.4. The molecule has 0 aliphatic heterocycles. The van der Waals surface area contributed by atoms with Gasteiger partial charge < -0.3 is 15.5 Å². The molecule has 13 heteroatoms. The second kappa shape index (κ2) is 22.1. The van der Waals surface area contributed by atoms with E-state index in [1.165, 1.54) is 116 Å². The fourth-order valence-electron chi connectivity index (χ4n) is 20.3. The molecule has 0 saturated heterocycles. The van der Waals surface area contributed by atoms with Gasteiger partial charge in [-0.3, -0.25) is 18.7 Å². The third-order valence-corrected chi connectivity index (χ3v) is 25.6. The number of aliphatic hydroxyl groups excluding tert-OH is 2. The van der Waals surface area contributed by atoms with E-state index < -0.39 is 26.0 Å². The lowest BCUT2D eigenvalue weighted by Gasteiger charge is -2.63. The van der Waals surface area contributed by atoms with Gasteiger partial charge in [-0.15, -0.1) is 0 Å². The van der Waals surface area contributed by atoms with Crippen LogP contribution in [0.25, 0.3) is 0 Å². The van der Waals surface area contributed by atoms with Crippen molar-refractivity contribution in [1.29, 1.82) is 0 Å². The molecule has 0 aromatic heterocycles. The van der Waals surface area contributed by atoms with E-state index in [0.717, 1.165) is 43.9 Å². The highest BCUT2D eigenvalue weighted by Crippen LogP contribution is 2.71. The molecular weight excluding hydrogens is 935 g/mol. The summed E-state index contributed by atoms with van der Waals surface area (Å²) >= 11 is 0. The van der Waals surface area contributed by atoms with Crippen LogP contribution in [0.3, 0.4) is 0 Å². The van der Waals surface area contributed by atoms with Gasteiger partial charge in [-0.05, 0) is 227 Å². The molecule has 0 spiro atoms. The molecule has 11 nitrogen and oxygen atoms in total. The summed E-state index contributed by atoms with van der Waals surface area (Å²) in [7, 11) is -8.13. The maximum absolute atomic E-state index is 12.6. The van der Waals surface area contributed by atoms with E-state index >= 15 is 0 Å². The van der Waals surface area contributed by atoms with Gasteiger partial charge in [0.25, 0.3) is 20.2 Å². The molecule has 8 aliphatic rings. The molecule has 5 N–H and O–H groups in total. The number of hydrogen-bond donors (Lipinski definition) is 5. The second-order valence-corrected chi connectivity index (χ2v) is 30.7. The third kappa shape index (κ3) is 11.9. The molecule has 2 unspecified atom stereocenters. The first-order valence-electron chi connectivity index (χ1n) is 29.4. The van der Waals surface area contributed by atoms with Crippen LogP contribution in [-0.4, -0.2) is 78.1 Å². The number of rotatable bonds is 21. The van der Waals surface area contributed by atoms with Gasteiger partial charge in [0.1, 0.15) is 5.78 Å². The molecule has 8 saturated carbocycles. The Balaban J connectivity index is 0.752. The molecule has 0 aromatic rings. The Hall–Kier alpha value is -1.12. The van der Waals surface area contributed by atoms with E-state index in [1.54, 1.807) is 0 Å². The van der Waals surface area contributed by atoms with Gasteiger partial charge in [0.05, 0.1) is 23.7 Å². The average molecular weight is 1030 g/mol. The molecule has 71 heavy (non-hydrogen) atoms. The Labute approximate surface area is 430 Å². The van der Waals surface area contributed by atoms with Gasteiger partial charge in [-0.2, -0.15) is 16.8 Å². The number of amides is 1. The smallest absolute Gasteiger partial charge is 0.266 e. The maximum Gasteiger partial charge on any atom is 0.266 e. The monoisotopic (exact) mass is 1030 g/mol. The summed E-state index contributed by atoms with van der Waals surface area (Å²) in [6, 6.07) is 0. The number of aliphatic hydroxyl groups is 2. The molecule has 8 rings (SSSR count). The minimum atomic E-state index is -4.09. The third-order valence-electron chi connectivity index (χ3n) is 24.1. The Bertz CT molecular complexity index is 1940. The molecule has 0 bridgehead atoms. The van der Waals surface area contributed by atoms with Crippen LogP contribution in [0, 0.1) is 105 Å². The van der Waals surface area contributed by atoms with Gasteiger partial charge >= 0.3 is 0 Å². The number of carbonyl (C=O) groups excluding carboxylic acids is 2. The zero-order valence-corrected chi connectivity index (χ0v) is 46.6. The highest BCUT2D eigenvalue weighted by atomic mass is 32.2. The quantitative estimate of drug-likeness (QED) is 0.0545. The van der Waals surface area contributed by atoms with E-state index in [9.17, 15) is 36.6 Å². The number of unbranched alkanes of at least 4 members (excludes halogenated alkanes) is 2. The van der Waals surface area contributed by atoms with Gasteiger partial charge in [-0.25, -0.2) is 0 Å². The van der Waals surface area contributed by atoms with Gasteiger partial charge in [0.15, 0.2) is 0 Å². The predicted octanol–water partition coefficient (Wildman–Crippen LogP) is 11.5. The van der Waals surface area contributed by atoms with E-state index in [2.05, 4.69) is 46.9 Å². The normalized spacial score (nSPS) is 44.0. The van der Waals surface area contributed by atoms with Crippen LogP contribution < -0.4 is 5.32 Å². The summed E-state index contributed by atoms with van der Waals surface area (Å²) in [4.78, 5) is 25.2. The summed E-state index contributed by atoms with van der Waals surface area (Å²) in [5.74, 6) is 6.77. The molecule has 408 valence electrons. The van der Waals surface area contributed by atoms with Crippen molar-refractivity contribution < 1.29 is 45.7 Å². The molecule has 0 heterocycles. The van der Waals surface area contributed by atoms with Crippen LogP contribution in [0.4, 0.5) is 0 Å². The summed E-state index contributed by atoms with van der Waals surface area (Å²) in [5.41, 5.74) is 0.999. The highest BCUT2D eigenvalue weighted by Gasteiger charge is 2.64. The molecule has 1 amide bonds. The van der Waals surface area contributed by atoms with Crippen molar-refractivity contribution in [3.8, 4) is 0 Å². The Morgan fingerprint density at radius 2 is 0.972 bits per heavy atom. The van der Waals surface area contributed by atoms with Gasteiger partial charge in [-0.1, -0.05) is 73.6 Å². The van der Waals surface area contributed by atoms with Crippen molar-refractivity contribution in [3.05, 3.63) is 0 Å². The zero-order chi connectivity index (χ0) is 51.3. The first-order chi connectivity index (χ1) is 33.4. The van der Waals surface area contributed by atoms with Crippen molar-refractivity contribution in [2.24, 2.45) is 105 Å². The number of Topliss-reactive ketones (excluding diaryl/α,β-unsaturated/α-hetero) is 1. The first-order valence-corrected chi connectivity index (χ1v) is 32.6. The fraction of sp³-hybridized carbons (Fsp3) is 0.966. The van der Waals surface area contributed by atoms with Crippen molar-refractivity contribution >= 4 is 31.9 Å². The summed E-state index contributed by atoms with van der Waals surface area (Å²) in [6.07, 6.45) is 28.3. The lowest BCUT2D eigenvalue weighted by atomic mass is 9.43. The molecule has 20 atom stereocenters. The maximum atomic E-state index is 12.6. The van der Waals surface area contributed by atoms with Crippen LogP contribution >= 0.6 is 0 Å². The van der Waals surface area contributed by atoms with E-state index in [0.29, 0.717) is 94.7 Å². The van der Waals surface area contributed by atoms with Crippen LogP contribution in [0.1, 0.15) is 215 Å². The first kappa shape index (κ1) is 56.1. The molecule has 0 radical (unpaired) electrons. The zero-order valence-electron chi connectivity index (χ0n) is 45.0. The fourth-order valence-corrected chi connectivity index (χ4v) is 21.1. The number of ketones is 1. The minimum absolute atomic E-state index is 0.0659. The summed E-state index contributed by atoms with van der Waals surface area (Å²) < 4.78 is 62.4. The minimum Gasteiger partial charge on any atom is -0.393 e. The molecule has 8 aliphatic carbocycles. The number of hydrogen-bond acceptors (Lipinski definition) is 8. The van der Waals surface area contributed by atoms with E-state index in [4.69, 9.17) is 9.11 Å². The Morgan fingerprint density at radius 3 is 1.44 bits per heavy atom. The Morgan fingerprint density at radius 1 is 0.535 bits per heavy atom. The highest BCUT2D eigenvalue weighted by molar-refractivity contribution is 7.86. The van der Waals surface area contributed by atoms with Crippen molar-refractivity contribution in [1.82, 2.24) is 5.32 Å². The topological polar surface area (TPSA) is 195 Å². The van der Waals surface area contributed by atoms with Crippen molar-refractivity contribution in [2.45, 2.75) is 227 Å². The van der Waals surface area contributed by atoms with Crippen LogP contribution in [0.2, 0.25) is 0 Å². The summed E-state index contributed by atoms with van der Waals surface area (Å²) in [6.45, 7) is 14.7. The largest absolute Gasteiger partial charge is 0.393 e. The lowest BCUT2D eigenvalue weighted by molar-refractivity contribution is -0.170. The molecule has 8 fully saturated rings. The summed E-state index contributed by atoms with van der Waals surface area (Å²) in [5, 5.41) is 26.8. The number of nitrogens with one attached hydrogen (secondary N) is 1. The lowest BCUT2D eigenvalue weighted by Crippen LogP contribution is -2.58. The second-order valence-electron chi connectivity index (χ2n) is 27.6. The van der Waals surface area contributed by atoms with Crippen LogP contribution in [0.15, 0.2) is 0 Å². The van der Waals surface area contributed by atoms with Crippen LogP contribution in [-0.2, 0) is 29.8 Å². The average Bonchev–Trinajstić information content (AvgIpc) is 3.84. The van der Waals surface area contributed by atoms with Crippen molar-refractivity contribution in [2.75, 3.05) is 18.1 Å².